The van der Waals surface area contributed by atoms with E-state index in [1.54, 1.807) is 6.92 Å². The molecule has 0 bridgehead atoms. The van der Waals surface area contributed by atoms with Gasteiger partial charge in [-0.05, 0) is 18.6 Å². The summed E-state index contributed by atoms with van der Waals surface area (Å²) in [4.78, 5) is 11.1. The maximum absolute atomic E-state index is 13.8. The average Bonchev–Trinajstić information content (AvgIpc) is 2.81. The second-order valence-corrected chi connectivity index (χ2v) is 4.40. The van der Waals surface area contributed by atoms with Crippen molar-refractivity contribution in [2.75, 3.05) is 0 Å². The number of aromatic nitrogens is 1. The second kappa shape index (κ2) is 5.59. The summed E-state index contributed by atoms with van der Waals surface area (Å²) in [5, 5.41) is 9.04. The fourth-order valence-electron chi connectivity index (χ4n) is 2.14. The Morgan fingerprint density at radius 2 is 1.71 bits per heavy atom. The molecule has 21 heavy (non-hydrogen) atoms. The van der Waals surface area contributed by atoms with E-state index in [2.05, 4.69) is 0 Å². The SMILES string of the molecule is CCCn1c(C(=O)O)ccc1-c1c(F)c(F)cc(F)c1F. The highest BCUT2D eigenvalue weighted by molar-refractivity contribution is 5.87. The lowest BCUT2D eigenvalue weighted by atomic mass is 10.1. The Labute approximate surface area is 117 Å². The van der Waals surface area contributed by atoms with Crippen molar-refractivity contribution in [1.82, 2.24) is 4.57 Å². The van der Waals surface area contributed by atoms with E-state index in [4.69, 9.17) is 5.11 Å². The van der Waals surface area contributed by atoms with Crippen LogP contribution in [0.1, 0.15) is 23.8 Å². The number of benzene rings is 1. The molecule has 2 aromatic rings. The van der Waals surface area contributed by atoms with E-state index in [0.717, 1.165) is 16.7 Å². The smallest absolute Gasteiger partial charge is 0.352 e. The van der Waals surface area contributed by atoms with Crippen molar-refractivity contribution < 1.29 is 27.5 Å². The monoisotopic (exact) mass is 301 g/mol. The standard InChI is InChI=1S/C14H11F4NO2/c1-2-5-19-9(3-4-10(19)14(20)21)11-12(17)7(15)6-8(16)13(11)18/h3-4,6H,2,5H2,1H3,(H,20,21). The van der Waals surface area contributed by atoms with Crippen molar-refractivity contribution in [2.45, 2.75) is 19.9 Å². The number of halogens is 4. The average molecular weight is 301 g/mol. The first-order chi connectivity index (χ1) is 9.88. The molecule has 3 nitrogen and oxygen atoms in total. The second-order valence-electron chi connectivity index (χ2n) is 4.40. The van der Waals surface area contributed by atoms with E-state index < -0.39 is 34.8 Å². The first-order valence-electron chi connectivity index (χ1n) is 6.14. The third kappa shape index (κ3) is 2.51. The quantitative estimate of drug-likeness (QED) is 0.689. The zero-order valence-corrected chi connectivity index (χ0v) is 11.0. The Morgan fingerprint density at radius 3 is 2.19 bits per heavy atom. The molecule has 0 aliphatic heterocycles. The van der Waals surface area contributed by atoms with E-state index in [-0.39, 0.29) is 24.0 Å². The summed E-state index contributed by atoms with van der Waals surface area (Å²) in [6.45, 7) is 1.87. The van der Waals surface area contributed by atoms with Gasteiger partial charge in [-0.25, -0.2) is 22.4 Å². The summed E-state index contributed by atoms with van der Waals surface area (Å²) in [7, 11) is 0. The van der Waals surface area contributed by atoms with Crippen molar-refractivity contribution >= 4 is 5.97 Å². The molecule has 0 atom stereocenters. The molecule has 1 N–H and O–H groups in total. The number of hydrogen-bond acceptors (Lipinski definition) is 1. The molecule has 0 amide bonds. The van der Waals surface area contributed by atoms with Crippen LogP contribution in [0.5, 0.6) is 0 Å². The Hall–Kier alpha value is -2.31. The summed E-state index contributed by atoms with van der Waals surface area (Å²) in [6, 6.07) is 2.37. The van der Waals surface area contributed by atoms with Crippen LogP contribution in [0.2, 0.25) is 0 Å². The van der Waals surface area contributed by atoms with E-state index in [9.17, 15) is 22.4 Å². The highest BCUT2D eigenvalue weighted by atomic mass is 19.2. The minimum atomic E-state index is -1.55. The van der Waals surface area contributed by atoms with Gasteiger partial charge in [-0.2, -0.15) is 0 Å². The van der Waals surface area contributed by atoms with Crippen LogP contribution in [0.4, 0.5) is 17.6 Å². The largest absolute Gasteiger partial charge is 0.477 e. The number of carboxylic acids is 1. The lowest BCUT2D eigenvalue weighted by Gasteiger charge is -2.12. The van der Waals surface area contributed by atoms with Crippen LogP contribution >= 0.6 is 0 Å². The number of hydrogen-bond donors (Lipinski definition) is 1. The van der Waals surface area contributed by atoms with Crippen LogP contribution in [0, 0.1) is 23.3 Å². The molecule has 0 saturated heterocycles. The topological polar surface area (TPSA) is 42.2 Å². The van der Waals surface area contributed by atoms with Gasteiger partial charge in [-0.3, -0.25) is 0 Å². The van der Waals surface area contributed by atoms with E-state index >= 15 is 0 Å². The van der Waals surface area contributed by atoms with Crippen LogP contribution in [0.25, 0.3) is 11.3 Å². The van der Waals surface area contributed by atoms with Crippen molar-refractivity contribution in [3.05, 3.63) is 47.2 Å². The van der Waals surface area contributed by atoms with Gasteiger partial charge in [0, 0.05) is 12.6 Å². The van der Waals surface area contributed by atoms with Crippen LogP contribution in [0.3, 0.4) is 0 Å². The molecule has 112 valence electrons. The molecule has 2 rings (SSSR count). The van der Waals surface area contributed by atoms with Gasteiger partial charge in [0.2, 0.25) is 0 Å². The third-order valence-electron chi connectivity index (χ3n) is 3.01. The highest BCUT2D eigenvalue weighted by Gasteiger charge is 2.24. The van der Waals surface area contributed by atoms with Gasteiger partial charge in [0.1, 0.15) is 5.69 Å². The first-order valence-corrected chi connectivity index (χ1v) is 6.14. The van der Waals surface area contributed by atoms with Crippen molar-refractivity contribution in [2.24, 2.45) is 0 Å². The fourth-order valence-corrected chi connectivity index (χ4v) is 2.14. The Bertz CT molecular complexity index is 683. The molecule has 1 heterocycles. The summed E-state index contributed by atoms with van der Waals surface area (Å²) >= 11 is 0. The predicted octanol–water partition coefficient (Wildman–Crippen LogP) is 3.82. The minimum absolute atomic E-state index is 0.110. The Morgan fingerprint density at radius 1 is 1.14 bits per heavy atom. The number of carboxylic acid groups (broad SMARTS) is 1. The van der Waals surface area contributed by atoms with Crippen LogP contribution in [0.15, 0.2) is 18.2 Å². The first kappa shape index (κ1) is 15.1. The molecular weight excluding hydrogens is 290 g/mol. The van der Waals surface area contributed by atoms with E-state index in [0.29, 0.717) is 6.42 Å². The zero-order chi connectivity index (χ0) is 15.7. The molecule has 0 radical (unpaired) electrons. The van der Waals surface area contributed by atoms with Gasteiger partial charge >= 0.3 is 5.97 Å². The lowest BCUT2D eigenvalue weighted by molar-refractivity contribution is 0.0685. The van der Waals surface area contributed by atoms with E-state index in [1.165, 1.54) is 0 Å². The van der Waals surface area contributed by atoms with Gasteiger partial charge in [0.15, 0.2) is 23.3 Å². The van der Waals surface area contributed by atoms with Crippen molar-refractivity contribution in [3.63, 3.8) is 0 Å². The Balaban J connectivity index is 2.76. The Kier molecular flexibility index (Phi) is 4.02. The van der Waals surface area contributed by atoms with Gasteiger partial charge < -0.3 is 9.67 Å². The zero-order valence-electron chi connectivity index (χ0n) is 11.0. The summed E-state index contributed by atoms with van der Waals surface area (Å²) in [6.07, 6.45) is 0.475. The van der Waals surface area contributed by atoms with Crippen LogP contribution < -0.4 is 0 Å². The van der Waals surface area contributed by atoms with Crippen LogP contribution in [-0.4, -0.2) is 15.6 Å². The summed E-state index contributed by atoms with van der Waals surface area (Å²) in [5.41, 5.74) is -1.34. The maximum Gasteiger partial charge on any atom is 0.352 e. The summed E-state index contributed by atoms with van der Waals surface area (Å²) < 4.78 is 55.3. The van der Waals surface area contributed by atoms with Crippen molar-refractivity contribution in [1.29, 1.82) is 0 Å². The number of nitrogens with zero attached hydrogens (tertiary/aromatic N) is 1. The molecular formula is C14H11F4NO2. The lowest BCUT2D eigenvalue weighted by Crippen LogP contribution is -2.11. The fraction of sp³-hybridized carbons (Fsp3) is 0.214. The van der Waals surface area contributed by atoms with Gasteiger partial charge in [0.25, 0.3) is 0 Å². The van der Waals surface area contributed by atoms with Gasteiger partial charge in [-0.1, -0.05) is 6.92 Å². The molecule has 0 unspecified atom stereocenters. The highest BCUT2D eigenvalue weighted by Crippen LogP contribution is 2.31. The molecule has 0 spiro atoms. The number of carbonyl (C=O) groups is 1. The summed E-state index contributed by atoms with van der Waals surface area (Å²) in [5.74, 6) is -7.48. The molecule has 1 aromatic carbocycles. The van der Waals surface area contributed by atoms with Gasteiger partial charge in [-0.15, -0.1) is 0 Å². The number of aromatic carboxylic acids is 1. The molecule has 7 heteroatoms. The van der Waals surface area contributed by atoms with E-state index in [1.807, 2.05) is 0 Å². The van der Waals surface area contributed by atoms with Gasteiger partial charge in [0.05, 0.1) is 11.3 Å². The maximum atomic E-state index is 13.8. The third-order valence-corrected chi connectivity index (χ3v) is 3.01. The normalized spacial score (nSPS) is 10.9. The molecule has 0 aliphatic carbocycles. The predicted molar refractivity (Wildman–Crippen MR) is 67.0 cm³/mol. The molecule has 0 fully saturated rings. The minimum Gasteiger partial charge on any atom is -0.477 e. The van der Waals surface area contributed by atoms with Crippen LogP contribution in [-0.2, 0) is 6.54 Å². The number of rotatable bonds is 4. The molecule has 0 saturated carbocycles. The molecule has 0 aliphatic rings. The van der Waals surface area contributed by atoms with Crippen molar-refractivity contribution in [3.8, 4) is 11.3 Å². The molecule has 1 aromatic heterocycles.